The van der Waals surface area contributed by atoms with Crippen LogP contribution in [-0.4, -0.2) is 12.6 Å². The lowest BCUT2D eigenvalue weighted by Gasteiger charge is -2.24. The highest BCUT2D eigenvalue weighted by Crippen LogP contribution is 2.42. The summed E-state index contributed by atoms with van der Waals surface area (Å²) >= 11 is 0. The van der Waals surface area contributed by atoms with Gasteiger partial charge in [0.1, 0.15) is 0 Å². The average molecular weight is 170 g/mol. The van der Waals surface area contributed by atoms with Crippen molar-refractivity contribution in [2.45, 2.75) is 40.0 Å². The number of carbonyl (C=O) groups excluding carboxylic acids is 1. The van der Waals surface area contributed by atoms with Crippen molar-refractivity contribution in [3.05, 3.63) is 0 Å². The number of ether oxygens (including phenoxy) is 1. The van der Waals surface area contributed by atoms with Gasteiger partial charge in [-0.15, -0.1) is 0 Å². The van der Waals surface area contributed by atoms with E-state index in [-0.39, 0.29) is 17.3 Å². The molecule has 0 N–H and O–H groups in total. The van der Waals surface area contributed by atoms with Gasteiger partial charge < -0.3 is 4.74 Å². The second-order valence-corrected chi connectivity index (χ2v) is 4.19. The van der Waals surface area contributed by atoms with Crippen LogP contribution in [0.3, 0.4) is 0 Å². The van der Waals surface area contributed by atoms with Crippen molar-refractivity contribution < 1.29 is 9.53 Å². The summed E-state index contributed by atoms with van der Waals surface area (Å²) in [6.45, 7) is 6.68. The fourth-order valence-corrected chi connectivity index (χ4v) is 2.01. The molecule has 1 unspecified atom stereocenters. The van der Waals surface area contributed by atoms with Crippen LogP contribution in [0.4, 0.5) is 0 Å². The normalized spacial score (nSPS) is 27.1. The molecule has 0 amide bonds. The van der Waals surface area contributed by atoms with Crippen LogP contribution >= 0.6 is 0 Å². The lowest BCUT2D eigenvalue weighted by molar-refractivity contribution is -0.151. The van der Waals surface area contributed by atoms with Gasteiger partial charge in [-0.3, -0.25) is 4.79 Å². The Morgan fingerprint density at radius 1 is 1.58 bits per heavy atom. The van der Waals surface area contributed by atoms with Gasteiger partial charge in [-0.1, -0.05) is 20.3 Å². The van der Waals surface area contributed by atoms with E-state index in [0.29, 0.717) is 6.61 Å². The van der Waals surface area contributed by atoms with Gasteiger partial charge in [0, 0.05) is 0 Å². The van der Waals surface area contributed by atoms with E-state index in [1.54, 1.807) is 0 Å². The van der Waals surface area contributed by atoms with Crippen molar-refractivity contribution in [2.24, 2.45) is 11.3 Å². The highest BCUT2D eigenvalue weighted by Gasteiger charge is 2.40. The Balaban J connectivity index is 2.56. The molecule has 0 aromatic carbocycles. The zero-order valence-corrected chi connectivity index (χ0v) is 8.22. The Hall–Kier alpha value is -0.530. The zero-order chi connectivity index (χ0) is 9.19. The largest absolute Gasteiger partial charge is 0.466 e. The molecular formula is C10H18O2. The van der Waals surface area contributed by atoms with Gasteiger partial charge in [0.2, 0.25) is 0 Å². The molecule has 1 rings (SSSR count). The first-order chi connectivity index (χ1) is 5.58. The molecule has 0 heterocycles. The van der Waals surface area contributed by atoms with E-state index >= 15 is 0 Å². The van der Waals surface area contributed by atoms with Gasteiger partial charge in [0.05, 0.1) is 12.5 Å². The Labute approximate surface area is 74.3 Å². The Morgan fingerprint density at radius 2 is 2.25 bits per heavy atom. The van der Waals surface area contributed by atoms with Gasteiger partial charge in [0.25, 0.3) is 0 Å². The first-order valence-corrected chi connectivity index (χ1v) is 4.74. The van der Waals surface area contributed by atoms with Gasteiger partial charge in [0.15, 0.2) is 0 Å². The summed E-state index contributed by atoms with van der Waals surface area (Å²) in [5, 5.41) is 0. The van der Waals surface area contributed by atoms with Crippen LogP contribution in [-0.2, 0) is 9.53 Å². The Bertz CT molecular complexity index is 173. The van der Waals surface area contributed by atoms with Crippen LogP contribution < -0.4 is 0 Å². The summed E-state index contributed by atoms with van der Waals surface area (Å²) in [4.78, 5) is 11.4. The highest BCUT2D eigenvalue weighted by atomic mass is 16.5. The van der Waals surface area contributed by atoms with Crippen molar-refractivity contribution in [3.8, 4) is 0 Å². The minimum absolute atomic E-state index is 0.000000000000000666. The van der Waals surface area contributed by atoms with Gasteiger partial charge in [-0.2, -0.15) is 0 Å². The van der Waals surface area contributed by atoms with E-state index in [2.05, 4.69) is 13.8 Å². The Kier molecular flexibility index (Phi) is 2.76. The molecule has 1 fully saturated rings. The number of rotatable bonds is 2. The van der Waals surface area contributed by atoms with Crippen molar-refractivity contribution in [3.63, 3.8) is 0 Å². The summed E-state index contributed by atoms with van der Waals surface area (Å²) in [5.41, 5.74) is 0.159. The first-order valence-electron chi connectivity index (χ1n) is 4.74. The maximum absolute atomic E-state index is 11.4. The molecule has 0 radical (unpaired) electrons. The summed E-state index contributed by atoms with van der Waals surface area (Å²) < 4.78 is 5.02. The second-order valence-electron chi connectivity index (χ2n) is 4.19. The molecule has 1 aliphatic carbocycles. The van der Waals surface area contributed by atoms with Crippen LogP contribution in [0.15, 0.2) is 0 Å². The molecule has 2 heteroatoms. The number of carbonyl (C=O) groups is 1. The van der Waals surface area contributed by atoms with Gasteiger partial charge in [-0.25, -0.2) is 0 Å². The molecule has 1 aliphatic rings. The van der Waals surface area contributed by atoms with Gasteiger partial charge >= 0.3 is 5.97 Å². The summed E-state index contributed by atoms with van der Waals surface area (Å²) in [5.74, 6) is 0.137. The third-order valence-corrected chi connectivity index (χ3v) is 2.83. The van der Waals surface area contributed by atoms with Crippen LogP contribution in [0.5, 0.6) is 0 Å². The molecule has 70 valence electrons. The molecule has 0 bridgehead atoms. The average Bonchev–Trinajstić information content (AvgIpc) is 2.30. The Morgan fingerprint density at radius 3 is 2.67 bits per heavy atom. The first kappa shape index (κ1) is 9.56. The molecule has 1 atom stereocenters. The lowest BCUT2D eigenvalue weighted by Crippen LogP contribution is -2.27. The van der Waals surface area contributed by atoms with Crippen molar-refractivity contribution in [1.29, 1.82) is 0 Å². The monoisotopic (exact) mass is 170 g/mol. The molecule has 0 aromatic rings. The van der Waals surface area contributed by atoms with E-state index in [4.69, 9.17) is 4.74 Å². The fraction of sp³-hybridized carbons (Fsp3) is 0.900. The van der Waals surface area contributed by atoms with E-state index in [9.17, 15) is 4.79 Å². The van der Waals surface area contributed by atoms with E-state index in [1.165, 1.54) is 0 Å². The quantitative estimate of drug-likeness (QED) is 0.595. The molecular weight excluding hydrogens is 152 g/mol. The molecule has 12 heavy (non-hydrogen) atoms. The predicted octanol–water partition coefficient (Wildman–Crippen LogP) is 2.38. The van der Waals surface area contributed by atoms with Crippen LogP contribution in [0.25, 0.3) is 0 Å². The van der Waals surface area contributed by atoms with Crippen molar-refractivity contribution in [1.82, 2.24) is 0 Å². The molecule has 2 nitrogen and oxygen atoms in total. The number of hydrogen-bond donors (Lipinski definition) is 0. The second kappa shape index (κ2) is 3.46. The van der Waals surface area contributed by atoms with Crippen molar-refractivity contribution >= 4 is 5.97 Å². The number of hydrogen-bond acceptors (Lipinski definition) is 2. The standard InChI is InChI=1S/C10H18O2/c1-4-12-9(11)8-6-5-7-10(8,2)3/h8H,4-7H2,1-3H3. The van der Waals surface area contributed by atoms with E-state index < -0.39 is 0 Å². The third-order valence-electron chi connectivity index (χ3n) is 2.83. The van der Waals surface area contributed by atoms with E-state index in [0.717, 1.165) is 19.3 Å². The third kappa shape index (κ3) is 1.79. The smallest absolute Gasteiger partial charge is 0.309 e. The van der Waals surface area contributed by atoms with Crippen LogP contribution in [0.2, 0.25) is 0 Å². The zero-order valence-electron chi connectivity index (χ0n) is 8.22. The molecule has 0 saturated heterocycles. The fourth-order valence-electron chi connectivity index (χ4n) is 2.01. The molecule has 0 aliphatic heterocycles. The maximum atomic E-state index is 11.4. The minimum atomic E-state index is 0.000000000000000666. The summed E-state index contributed by atoms with van der Waals surface area (Å²) in [6, 6.07) is 0. The molecule has 0 spiro atoms. The number of esters is 1. The molecule has 0 aromatic heterocycles. The SMILES string of the molecule is CCOC(=O)C1CCCC1(C)C. The van der Waals surface area contributed by atoms with Crippen molar-refractivity contribution in [2.75, 3.05) is 6.61 Å². The minimum Gasteiger partial charge on any atom is -0.466 e. The van der Waals surface area contributed by atoms with Crippen LogP contribution in [0, 0.1) is 11.3 Å². The summed E-state index contributed by atoms with van der Waals surface area (Å²) in [7, 11) is 0. The van der Waals surface area contributed by atoms with Gasteiger partial charge in [-0.05, 0) is 25.2 Å². The highest BCUT2D eigenvalue weighted by molar-refractivity contribution is 5.73. The topological polar surface area (TPSA) is 26.3 Å². The summed E-state index contributed by atoms with van der Waals surface area (Å²) in [6.07, 6.45) is 3.32. The maximum Gasteiger partial charge on any atom is 0.309 e. The van der Waals surface area contributed by atoms with Crippen LogP contribution in [0.1, 0.15) is 40.0 Å². The molecule has 1 saturated carbocycles. The lowest BCUT2D eigenvalue weighted by atomic mass is 9.82. The predicted molar refractivity (Wildman–Crippen MR) is 47.8 cm³/mol. The van der Waals surface area contributed by atoms with E-state index in [1.807, 2.05) is 6.92 Å².